The van der Waals surface area contributed by atoms with Crippen LogP contribution in [0.4, 0.5) is 4.39 Å². The van der Waals surface area contributed by atoms with E-state index in [2.05, 4.69) is 0 Å². The van der Waals surface area contributed by atoms with Gasteiger partial charge in [0.25, 0.3) is 0 Å². The molecule has 4 heteroatoms. The van der Waals surface area contributed by atoms with Crippen LogP contribution in [0.15, 0.2) is 48.5 Å². The van der Waals surface area contributed by atoms with Crippen molar-refractivity contribution < 1.29 is 13.9 Å². The monoisotopic (exact) mass is 295 g/mol. The molecule has 0 fully saturated rings. The van der Waals surface area contributed by atoms with Gasteiger partial charge in [0.05, 0.1) is 5.69 Å². The Labute approximate surface area is 126 Å². The van der Waals surface area contributed by atoms with E-state index in [9.17, 15) is 9.18 Å². The number of carbonyl (C=O) groups is 1. The molecule has 0 radical (unpaired) electrons. The van der Waals surface area contributed by atoms with Crippen LogP contribution in [-0.2, 0) is 16.1 Å². The largest absolute Gasteiger partial charge is 0.458 e. The molecule has 0 aliphatic carbocycles. The fraction of sp³-hybridized carbons (Fsp3) is 0.167. The number of fused-ring (bicyclic) bond motifs is 3. The number of nitrogens with zero attached hydrogens (tertiary/aromatic N) is 1. The van der Waals surface area contributed by atoms with Gasteiger partial charge in [-0.25, -0.2) is 9.18 Å². The molecule has 1 aromatic heterocycles. The third-order valence-electron chi connectivity index (χ3n) is 4.22. The lowest BCUT2D eigenvalue weighted by molar-refractivity contribution is -0.151. The van der Waals surface area contributed by atoms with Crippen molar-refractivity contribution in [3.63, 3.8) is 0 Å². The molecule has 1 atom stereocenters. The van der Waals surface area contributed by atoms with E-state index in [4.69, 9.17) is 4.74 Å². The van der Waals surface area contributed by atoms with Gasteiger partial charge in [0, 0.05) is 16.5 Å². The van der Waals surface area contributed by atoms with E-state index in [-0.39, 0.29) is 24.4 Å². The predicted octanol–water partition coefficient (Wildman–Crippen LogP) is 4.07. The Kier molecular flexibility index (Phi) is 2.79. The Hall–Kier alpha value is -2.62. The zero-order valence-corrected chi connectivity index (χ0v) is 12.0. The fourth-order valence-electron chi connectivity index (χ4n) is 3.20. The van der Waals surface area contributed by atoms with Gasteiger partial charge in [0.1, 0.15) is 18.5 Å². The smallest absolute Gasteiger partial charge is 0.329 e. The predicted molar refractivity (Wildman–Crippen MR) is 81.8 cm³/mol. The van der Waals surface area contributed by atoms with Crippen molar-refractivity contribution >= 4 is 16.9 Å². The first-order valence-corrected chi connectivity index (χ1v) is 7.21. The van der Waals surface area contributed by atoms with Crippen molar-refractivity contribution in [2.24, 2.45) is 0 Å². The molecule has 1 aliphatic rings. The molecule has 22 heavy (non-hydrogen) atoms. The number of ether oxygens (including phenoxy) is 1. The molecule has 0 N–H and O–H groups in total. The molecule has 2 heterocycles. The third-order valence-corrected chi connectivity index (χ3v) is 4.22. The van der Waals surface area contributed by atoms with Gasteiger partial charge in [-0.05, 0) is 30.7 Å². The van der Waals surface area contributed by atoms with Gasteiger partial charge in [-0.3, -0.25) is 0 Å². The number of benzene rings is 2. The fourth-order valence-corrected chi connectivity index (χ4v) is 3.20. The maximum Gasteiger partial charge on any atom is 0.329 e. The minimum absolute atomic E-state index is 0.223. The number of hydrogen-bond acceptors (Lipinski definition) is 2. The maximum atomic E-state index is 13.2. The molecule has 0 saturated heterocycles. The quantitative estimate of drug-likeness (QED) is 0.634. The van der Waals surface area contributed by atoms with Crippen molar-refractivity contribution in [3.8, 4) is 11.1 Å². The van der Waals surface area contributed by atoms with E-state index in [0.717, 1.165) is 27.7 Å². The second-order valence-corrected chi connectivity index (χ2v) is 5.50. The molecule has 3 nitrogen and oxygen atoms in total. The molecule has 2 aromatic carbocycles. The van der Waals surface area contributed by atoms with Gasteiger partial charge >= 0.3 is 5.97 Å². The molecule has 3 aromatic rings. The average molecular weight is 295 g/mol. The molecular formula is C18H14FNO2. The average Bonchev–Trinajstić information content (AvgIpc) is 2.87. The highest BCUT2D eigenvalue weighted by Crippen LogP contribution is 2.39. The minimum Gasteiger partial charge on any atom is -0.458 e. The zero-order valence-electron chi connectivity index (χ0n) is 12.0. The number of cyclic esters (lactones) is 1. The van der Waals surface area contributed by atoms with E-state index in [0.29, 0.717) is 0 Å². The Morgan fingerprint density at radius 1 is 1.14 bits per heavy atom. The third kappa shape index (κ3) is 1.77. The van der Waals surface area contributed by atoms with Crippen LogP contribution in [0.2, 0.25) is 0 Å². The van der Waals surface area contributed by atoms with Crippen LogP contribution < -0.4 is 0 Å². The zero-order chi connectivity index (χ0) is 15.3. The summed E-state index contributed by atoms with van der Waals surface area (Å²) in [6.07, 6.45) is 0. The summed E-state index contributed by atoms with van der Waals surface area (Å²) >= 11 is 0. The SMILES string of the molecule is CC1C(=O)OCc2c(-c3ccc(F)cc3)c3ccccc3n21. The van der Waals surface area contributed by atoms with Crippen molar-refractivity contribution in [2.75, 3.05) is 0 Å². The van der Waals surface area contributed by atoms with Gasteiger partial charge < -0.3 is 9.30 Å². The van der Waals surface area contributed by atoms with Crippen molar-refractivity contribution in [3.05, 3.63) is 60.0 Å². The summed E-state index contributed by atoms with van der Waals surface area (Å²) < 4.78 is 20.5. The number of aromatic nitrogens is 1. The summed E-state index contributed by atoms with van der Waals surface area (Å²) in [6, 6.07) is 14.0. The minimum atomic E-state index is -0.358. The number of esters is 1. The van der Waals surface area contributed by atoms with Crippen molar-refractivity contribution in [1.29, 1.82) is 0 Å². The topological polar surface area (TPSA) is 31.2 Å². The first kappa shape index (κ1) is 13.1. The second-order valence-electron chi connectivity index (χ2n) is 5.50. The van der Waals surface area contributed by atoms with Crippen LogP contribution >= 0.6 is 0 Å². The van der Waals surface area contributed by atoms with Crippen LogP contribution in [0.3, 0.4) is 0 Å². The van der Waals surface area contributed by atoms with Crippen LogP contribution in [0.25, 0.3) is 22.0 Å². The molecule has 110 valence electrons. The van der Waals surface area contributed by atoms with E-state index >= 15 is 0 Å². The van der Waals surface area contributed by atoms with Gasteiger partial charge in [-0.15, -0.1) is 0 Å². The number of hydrogen-bond donors (Lipinski definition) is 0. The van der Waals surface area contributed by atoms with E-state index in [1.54, 1.807) is 12.1 Å². The van der Waals surface area contributed by atoms with Crippen LogP contribution in [0.5, 0.6) is 0 Å². The Bertz CT molecular complexity index is 880. The lowest BCUT2D eigenvalue weighted by atomic mass is 10.0. The van der Waals surface area contributed by atoms with Crippen LogP contribution in [0, 0.1) is 5.82 Å². The van der Waals surface area contributed by atoms with Gasteiger partial charge in [0.15, 0.2) is 0 Å². The summed E-state index contributed by atoms with van der Waals surface area (Å²) in [6.45, 7) is 2.08. The molecule has 0 saturated carbocycles. The number of carbonyl (C=O) groups excluding carboxylic acids is 1. The Morgan fingerprint density at radius 2 is 1.86 bits per heavy atom. The highest BCUT2D eigenvalue weighted by atomic mass is 19.1. The van der Waals surface area contributed by atoms with Gasteiger partial charge in [-0.2, -0.15) is 0 Å². The van der Waals surface area contributed by atoms with Crippen molar-refractivity contribution in [1.82, 2.24) is 4.57 Å². The number of rotatable bonds is 1. The Balaban J connectivity index is 2.07. The lowest BCUT2D eigenvalue weighted by Crippen LogP contribution is -2.26. The molecule has 4 rings (SSSR count). The summed E-state index contributed by atoms with van der Waals surface area (Å²) in [7, 11) is 0. The maximum absolute atomic E-state index is 13.2. The highest BCUT2D eigenvalue weighted by Gasteiger charge is 2.30. The molecular weight excluding hydrogens is 281 g/mol. The molecule has 1 unspecified atom stereocenters. The normalized spacial score (nSPS) is 17.4. The first-order chi connectivity index (χ1) is 10.7. The van der Waals surface area contributed by atoms with Gasteiger partial charge in [0.2, 0.25) is 0 Å². The highest BCUT2D eigenvalue weighted by molar-refractivity contribution is 5.99. The van der Waals surface area contributed by atoms with Crippen molar-refractivity contribution in [2.45, 2.75) is 19.6 Å². The Morgan fingerprint density at radius 3 is 2.64 bits per heavy atom. The number of halogens is 1. The van der Waals surface area contributed by atoms with Crippen LogP contribution in [-0.4, -0.2) is 10.5 Å². The molecule has 0 bridgehead atoms. The van der Waals surface area contributed by atoms with Gasteiger partial charge in [-0.1, -0.05) is 30.3 Å². The lowest BCUT2D eigenvalue weighted by Gasteiger charge is -2.23. The van der Waals surface area contributed by atoms with E-state index in [1.807, 2.05) is 35.8 Å². The molecule has 0 amide bonds. The first-order valence-electron chi connectivity index (χ1n) is 7.21. The van der Waals surface area contributed by atoms with E-state index in [1.165, 1.54) is 12.1 Å². The van der Waals surface area contributed by atoms with E-state index < -0.39 is 0 Å². The summed E-state index contributed by atoms with van der Waals surface area (Å²) in [5, 5.41) is 1.05. The molecule has 1 aliphatic heterocycles. The summed E-state index contributed by atoms with van der Waals surface area (Å²) in [5.74, 6) is -0.486. The number of para-hydroxylation sites is 1. The summed E-state index contributed by atoms with van der Waals surface area (Å²) in [4.78, 5) is 11.9. The second kappa shape index (κ2) is 4.70. The van der Waals surface area contributed by atoms with Crippen LogP contribution in [0.1, 0.15) is 18.7 Å². The summed E-state index contributed by atoms with van der Waals surface area (Å²) in [5.41, 5.74) is 3.90. The standard InChI is InChI=1S/C18H14FNO2/c1-11-18(21)22-10-16-17(12-6-8-13(19)9-7-12)14-4-2-3-5-15(14)20(11)16/h2-9,11H,10H2,1H3. The molecule has 0 spiro atoms.